The summed E-state index contributed by atoms with van der Waals surface area (Å²) in [5.74, 6) is -1.24. The second kappa shape index (κ2) is 17.1. The molecule has 3 rings (SSSR count). The number of alkyl halides is 2. The third kappa shape index (κ3) is 10.9. The predicted molar refractivity (Wildman–Crippen MR) is 158 cm³/mol. The maximum absolute atomic E-state index is 14.8. The van der Waals surface area contributed by atoms with Crippen molar-refractivity contribution in [1.82, 2.24) is 5.32 Å². The summed E-state index contributed by atoms with van der Waals surface area (Å²) in [7, 11) is 0. The van der Waals surface area contributed by atoms with Crippen molar-refractivity contribution in [3.63, 3.8) is 0 Å². The Labute approximate surface area is 248 Å². The number of anilines is 2. The number of carbonyl (C=O) groups excluding carboxylic acids is 3. The summed E-state index contributed by atoms with van der Waals surface area (Å²) >= 11 is 11.6. The Bertz CT molecular complexity index is 1260. The van der Waals surface area contributed by atoms with Crippen LogP contribution < -0.4 is 15.5 Å². The second-order valence-corrected chi connectivity index (χ2v) is 9.72. The molecular weight excluding hydrogens is 572 g/mol. The van der Waals surface area contributed by atoms with Gasteiger partial charge in [0, 0.05) is 37.0 Å². The lowest BCUT2D eigenvalue weighted by Crippen LogP contribution is -2.44. The van der Waals surface area contributed by atoms with E-state index in [-0.39, 0.29) is 31.7 Å². The lowest BCUT2D eigenvalue weighted by molar-refractivity contribution is -0.148. The Kier molecular flexibility index (Phi) is 13.2. The van der Waals surface area contributed by atoms with Gasteiger partial charge < -0.3 is 25.0 Å². The van der Waals surface area contributed by atoms with Gasteiger partial charge in [0.2, 0.25) is 0 Å². The fraction of sp³-hybridized carbons (Fsp3) is 0.300. The zero-order valence-corrected chi connectivity index (χ0v) is 23.9. The number of hydrogen-bond acceptors (Lipinski definition) is 6. The molecule has 0 aliphatic heterocycles. The van der Waals surface area contributed by atoms with Crippen molar-refractivity contribution in [2.24, 2.45) is 0 Å². The number of carbonyl (C=O) groups is 3. The lowest BCUT2D eigenvalue weighted by Gasteiger charge is -2.23. The van der Waals surface area contributed by atoms with Gasteiger partial charge in [-0.25, -0.2) is 14.0 Å². The van der Waals surface area contributed by atoms with E-state index in [0.29, 0.717) is 30.5 Å². The number of urea groups is 1. The highest BCUT2D eigenvalue weighted by atomic mass is 35.5. The molecule has 0 unspecified atom stereocenters. The number of nitrogens with one attached hydrogen (secondary N) is 2. The molecule has 11 heteroatoms. The maximum Gasteiger partial charge on any atom is 0.329 e. The highest BCUT2D eigenvalue weighted by Crippen LogP contribution is 2.23. The highest BCUT2D eigenvalue weighted by Gasteiger charge is 2.24. The van der Waals surface area contributed by atoms with E-state index < -0.39 is 29.8 Å². The van der Waals surface area contributed by atoms with Crippen molar-refractivity contribution in [1.29, 1.82) is 0 Å². The summed E-state index contributed by atoms with van der Waals surface area (Å²) in [6.45, 7) is 0.884. The number of ether oxygens (including phenoxy) is 2. The number of benzene rings is 3. The Morgan fingerprint density at radius 3 is 1.98 bits per heavy atom. The maximum atomic E-state index is 14.8. The molecule has 1 atom stereocenters. The van der Waals surface area contributed by atoms with Crippen LogP contribution in [0.25, 0.3) is 0 Å². The molecule has 0 radical (unpaired) electrons. The number of amides is 2. The van der Waals surface area contributed by atoms with Crippen molar-refractivity contribution in [2.75, 3.05) is 35.1 Å². The molecule has 0 aromatic heterocycles. The average molecular weight is 605 g/mol. The molecule has 0 heterocycles. The van der Waals surface area contributed by atoms with Crippen LogP contribution in [0, 0.1) is 5.82 Å². The molecule has 3 aromatic carbocycles. The summed E-state index contributed by atoms with van der Waals surface area (Å²) in [6.07, 6.45) is -0.202. The number of esters is 2. The van der Waals surface area contributed by atoms with E-state index in [2.05, 4.69) is 10.6 Å². The minimum absolute atomic E-state index is 0.00823. The molecule has 2 N–H and O–H groups in total. The summed E-state index contributed by atoms with van der Waals surface area (Å²) in [5.41, 5.74) is 2.05. The summed E-state index contributed by atoms with van der Waals surface area (Å²) in [6, 6.07) is 20.5. The van der Waals surface area contributed by atoms with E-state index in [9.17, 15) is 18.8 Å². The molecule has 218 valence electrons. The second-order valence-electron chi connectivity index (χ2n) is 8.96. The average Bonchev–Trinajstić information content (AvgIpc) is 2.98. The Balaban J connectivity index is 1.62. The molecule has 2 amide bonds. The van der Waals surface area contributed by atoms with E-state index in [1.165, 1.54) is 12.1 Å². The molecule has 0 aliphatic rings. The fourth-order valence-corrected chi connectivity index (χ4v) is 4.28. The lowest BCUT2D eigenvalue weighted by atomic mass is 10.1. The van der Waals surface area contributed by atoms with Gasteiger partial charge in [0.25, 0.3) is 0 Å². The third-order valence-electron chi connectivity index (χ3n) is 5.95. The van der Waals surface area contributed by atoms with Crippen molar-refractivity contribution in [3.05, 3.63) is 95.8 Å². The van der Waals surface area contributed by atoms with E-state index in [1.54, 1.807) is 17.0 Å². The van der Waals surface area contributed by atoms with Crippen LogP contribution in [-0.4, -0.2) is 48.9 Å². The van der Waals surface area contributed by atoms with E-state index in [4.69, 9.17) is 32.7 Å². The summed E-state index contributed by atoms with van der Waals surface area (Å²) in [4.78, 5) is 39.7. The van der Waals surface area contributed by atoms with Gasteiger partial charge in [-0.3, -0.25) is 4.79 Å². The Morgan fingerprint density at radius 2 is 1.41 bits per heavy atom. The molecule has 0 saturated carbocycles. The van der Waals surface area contributed by atoms with Crippen LogP contribution in [0.3, 0.4) is 0 Å². The van der Waals surface area contributed by atoms with Crippen LogP contribution >= 0.6 is 23.2 Å². The van der Waals surface area contributed by atoms with Gasteiger partial charge in [-0.1, -0.05) is 60.7 Å². The molecule has 3 aromatic rings. The van der Waals surface area contributed by atoms with Crippen molar-refractivity contribution < 1.29 is 28.2 Å². The Hall–Kier alpha value is -3.82. The highest BCUT2D eigenvalue weighted by molar-refractivity contribution is 6.18. The number of hydrogen-bond donors (Lipinski definition) is 2. The normalized spacial score (nSPS) is 11.3. The van der Waals surface area contributed by atoms with Crippen LogP contribution in [0.2, 0.25) is 0 Å². The molecule has 0 saturated heterocycles. The molecule has 0 fully saturated rings. The topological polar surface area (TPSA) is 97.0 Å². The SMILES string of the molecule is O=C(Nc1ccc(N(CCCl)CCCl)c(F)c1)N[C@H](CCC(=O)OCc1ccccc1)C(=O)OCc1ccccc1. The predicted octanol–water partition coefficient (Wildman–Crippen LogP) is 5.87. The minimum atomic E-state index is -1.16. The molecule has 0 bridgehead atoms. The van der Waals surface area contributed by atoms with Gasteiger partial charge in [0.15, 0.2) is 0 Å². The van der Waals surface area contributed by atoms with Crippen LogP contribution in [0.1, 0.15) is 24.0 Å². The van der Waals surface area contributed by atoms with Crippen LogP contribution in [0.4, 0.5) is 20.6 Å². The van der Waals surface area contributed by atoms with Gasteiger partial charge >= 0.3 is 18.0 Å². The molecule has 41 heavy (non-hydrogen) atoms. The standard InChI is InChI=1S/C30H32Cl2FN3O5/c31-15-17-36(18-16-32)27-13-11-24(19-25(27)33)34-30(39)35-26(29(38)41-21-23-9-5-2-6-10-23)12-14-28(37)40-20-22-7-3-1-4-8-22/h1-11,13,19,26H,12,14-18,20-21H2,(H2,34,35,39)/t26-/m1/s1. The van der Waals surface area contributed by atoms with Crippen LogP contribution in [0.5, 0.6) is 0 Å². The zero-order valence-electron chi connectivity index (χ0n) is 22.4. The first-order valence-corrected chi connectivity index (χ1v) is 14.1. The first-order valence-electron chi connectivity index (χ1n) is 13.0. The number of nitrogens with zero attached hydrogens (tertiary/aromatic N) is 1. The number of rotatable bonds is 15. The van der Waals surface area contributed by atoms with Crippen LogP contribution in [-0.2, 0) is 32.3 Å². The van der Waals surface area contributed by atoms with Gasteiger partial charge in [-0.2, -0.15) is 0 Å². The quantitative estimate of drug-likeness (QED) is 0.167. The molecule has 8 nitrogen and oxygen atoms in total. The van der Waals surface area contributed by atoms with Gasteiger partial charge in [0.05, 0.1) is 5.69 Å². The number of halogens is 3. The van der Waals surface area contributed by atoms with Gasteiger partial charge in [-0.05, 0) is 35.7 Å². The van der Waals surface area contributed by atoms with E-state index in [0.717, 1.165) is 17.2 Å². The van der Waals surface area contributed by atoms with Gasteiger partial charge in [-0.15, -0.1) is 23.2 Å². The van der Waals surface area contributed by atoms with Gasteiger partial charge in [0.1, 0.15) is 25.1 Å². The third-order valence-corrected chi connectivity index (χ3v) is 6.29. The largest absolute Gasteiger partial charge is 0.461 e. The van der Waals surface area contributed by atoms with E-state index >= 15 is 0 Å². The van der Waals surface area contributed by atoms with Crippen molar-refractivity contribution >= 4 is 52.5 Å². The molecule has 0 spiro atoms. The Morgan fingerprint density at radius 1 is 0.829 bits per heavy atom. The minimum Gasteiger partial charge on any atom is -0.461 e. The smallest absolute Gasteiger partial charge is 0.329 e. The van der Waals surface area contributed by atoms with Crippen molar-refractivity contribution in [2.45, 2.75) is 32.1 Å². The summed E-state index contributed by atoms with van der Waals surface area (Å²) in [5, 5.41) is 5.05. The zero-order chi connectivity index (χ0) is 29.5. The first kappa shape index (κ1) is 31.7. The van der Waals surface area contributed by atoms with E-state index in [1.807, 2.05) is 48.5 Å². The first-order chi connectivity index (χ1) is 19.9. The monoisotopic (exact) mass is 603 g/mol. The fourth-order valence-electron chi connectivity index (χ4n) is 3.87. The van der Waals surface area contributed by atoms with Crippen molar-refractivity contribution in [3.8, 4) is 0 Å². The molecule has 0 aliphatic carbocycles. The van der Waals surface area contributed by atoms with Crippen LogP contribution in [0.15, 0.2) is 78.9 Å². The molecular formula is C30H32Cl2FN3O5. The summed E-state index contributed by atoms with van der Waals surface area (Å²) < 4.78 is 25.5.